The predicted octanol–water partition coefficient (Wildman–Crippen LogP) is -3.38. The first-order valence-corrected chi connectivity index (χ1v) is 4.60. The lowest BCUT2D eigenvalue weighted by atomic mass is 9.93. The second kappa shape index (κ2) is 4.62. The zero-order valence-corrected chi connectivity index (χ0v) is 8.22. The summed E-state index contributed by atoms with van der Waals surface area (Å²) in [6.07, 6.45) is -7.05. The summed E-state index contributed by atoms with van der Waals surface area (Å²) in [6, 6.07) is 0. The number of aliphatic carboxylic acids is 1. The zero-order chi connectivity index (χ0) is 12.5. The van der Waals surface area contributed by atoms with Gasteiger partial charge in [-0.1, -0.05) is 0 Å². The normalized spacial score (nSPS) is 41.7. The number of aliphatic hydroxyl groups excluding tert-OH is 4. The molecule has 1 aliphatic heterocycles. The average Bonchev–Trinajstić information content (AvgIpc) is 2.22. The van der Waals surface area contributed by atoms with Gasteiger partial charge in [0.05, 0.1) is 12.7 Å². The van der Waals surface area contributed by atoms with Gasteiger partial charge < -0.3 is 35.4 Å². The van der Waals surface area contributed by atoms with E-state index in [1.807, 2.05) is 0 Å². The van der Waals surface area contributed by atoms with Gasteiger partial charge in [0.2, 0.25) is 0 Å². The van der Waals surface area contributed by atoms with Crippen molar-refractivity contribution in [1.82, 2.24) is 0 Å². The van der Waals surface area contributed by atoms with Crippen molar-refractivity contribution in [2.45, 2.75) is 36.6 Å². The third kappa shape index (κ3) is 2.32. The molecule has 0 aromatic carbocycles. The topological polar surface area (TPSA) is 148 Å². The van der Waals surface area contributed by atoms with Gasteiger partial charge in [-0.2, -0.15) is 0 Å². The molecule has 1 rings (SSSR count). The third-order valence-corrected chi connectivity index (χ3v) is 2.45. The number of carboxylic acids is 1. The first-order valence-electron chi connectivity index (χ1n) is 4.60. The Labute approximate surface area is 90.3 Å². The van der Waals surface area contributed by atoms with E-state index in [4.69, 9.17) is 10.2 Å². The van der Waals surface area contributed by atoms with Crippen LogP contribution in [0, 0.1) is 0 Å². The van der Waals surface area contributed by atoms with Gasteiger partial charge in [-0.3, -0.25) is 0 Å². The minimum Gasteiger partial charge on any atom is -0.477 e. The van der Waals surface area contributed by atoms with E-state index < -0.39 is 49.2 Å². The second-order valence-electron chi connectivity index (χ2n) is 3.68. The van der Waals surface area contributed by atoms with E-state index in [2.05, 4.69) is 4.74 Å². The van der Waals surface area contributed by atoms with Crippen molar-refractivity contribution < 1.29 is 40.2 Å². The molecule has 1 heterocycles. The van der Waals surface area contributed by atoms with Crippen molar-refractivity contribution in [2.75, 3.05) is 6.61 Å². The first-order chi connectivity index (χ1) is 7.31. The number of hydrogen-bond donors (Lipinski definition) is 6. The molecule has 0 aromatic rings. The summed E-state index contributed by atoms with van der Waals surface area (Å²) in [7, 11) is 0. The van der Waals surface area contributed by atoms with Crippen LogP contribution in [0.25, 0.3) is 0 Å². The molecule has 0 bridgehead atoms. The molecule has 94 valence electrons. The highest BCUT2D eigenvalue weighted by Gasteiger charge is 2.52. The first kappa shape index (κ1) is 13.3. The lowest BCUT2D eigenvalue weighted by Gasteiger charge is -2.41. The van der Waals surface area contributed by atoms with Gasteiger partial charge >= 0.3 is 5.97 Å². The molecule has 0 amide bonds. The predicted molar refractivity (Wildman–Crippen MR) is 47.2 cm³/mol. The van der Waals surface area contributed by atoms with Crippen LogP contribution in [0.15, 0.2) is 0 Å². The van der Waals surface area contributed by atoms with Crippen LogP contribution in [0.3, 0.4) is 0 Å². The van der Waals surface area contributed by atoms with Gasteiger partial charge in [0.25, 0.3) is 5.79 Å². The highest BCUT2D eigenvalue weighted by atomic mass is 16.7. The molecule has 8 nitrogen and oxygen atoms in total. The van der Waals surface area contributed by atoms with Crippen molar-refractivity contribution in [3.63, 3.8) is 0 Å². The van der Waals surface area contributed by atoms with Crippen molar-refractivity contribution >= 4 is 5.97 Å². The van der Waals surface area contributed by atoms with Crippen LogP contribution in [0.4, 0.5) is 0 Å². The summed E-state index contributed by atoms with van der Waals surface area (Å²) < 4.78 is 4.61. The Morgan fingerprint density at radius 3 is 2.50 bits per heavy atom. The van der Waals surface area contributed by atoms with E-state index in [0.29, 0.717) is 0 Å². The Balaban J connectivity index is 2.89. The maximum absolute atomic E-state index is 10.7. The maximum Gasteiger partial charge on any atom is 0.364 e. The molecule has 16 heavy (non-hydrogen) atoms. The summed E-state index contributed by atoms with van der Waals surface area (Å²) in [5, 5.41) is 54.7. The Kier molecular flexibility index (Phi) is 3.84. The summed E-state index contributed by atoms with van der Waals surface area (Å²) in [5.74, 6) is -4.42. The average molecular weight is 238 g/mol. The van der Waals surface area contributed by atoms with Crippen molar-refractivity contribution in [3.05, 3.63) is 0 Å². The monoisotopic (exact) mass is 238 g/mol. The molecule has 1 unspecified atom stereocenters. The summed E-state index contributed by atoms with van der Waals surface area (Å²) in [5.41, 5.74) is 0. The molecule has 0 radical (unpaired) electrons. The molecule has 1 aliphatic rings. The van der Waals surface area contributed by atoms with E-state index in [9.17, 15) is 25.2 Å². The molecule has 0 spiro atoms. The van der Waals surface area contributed by atoms with E-state index in [1.165, 1.54) is 0 Å². The van der Waals surface area contributed by atoms with Crippen LogP contribution in [0.1, 0.15) is 6.42 Å². The Morgan fingerprint density at radius 2 is 2.06 bits per heavy atom. The molecule has 1 fully saturated rings. The highest BCUT2D eigenvalue weighted by molar-refractivity contribution is 5.75. The summed E-state index contributed by atoms with van der Waals surface area (Å²) >= 11 is 0. The molecule has 0 aromatic heterocycles. The maximum atomic E-state index is 10.7. The van der Waals surface area contributed by atoms with Gasteiger partial charge in [0.1, 0.15) is 18.3 Å². The van der Waals surface area contributed by atoms with Gasteiger partial charge in [0.15, 0.2) is 0 Å². The number of hydrogen-bond acceptors (Lipinski definition) is 7. The third-order valence-electron chi connectivity index (χ3n) is 2.45. The van der Waals surface area contributed by atoms with Crippen molar-refractivity contribution in [1.29, 1.82) is 0 Å². The molecule has 8 heteroatoms. The van der Waals surface area contributed by atoms with E-state index in [1.54, 1.807) is 0 Å². The van der Waals surface area contributed by atoms with Gasteiger partial charge in [0, 0.05) is 6.42 Å². The van der Waals surface area contributed by atoms with Crippen LogP contribution in [-0.2, 0) is 9.53 Å². The number of aliphatic hydroxyl groups is 5. The van der Waals surface area contributed by atoms with Crippen LogP contribution >= 0.6 is 0 Å². The molecule has 5 atom stereocenters. The fourth-order valence-electron chi connectivity index (χ4n) is 1.51. The quantitative estimate of drug-likeness (QED) is 0.298. The Hall–Kier alpha value is -0.770. The molecular formula is C8H14O8. The number of carbonyl (C=O) groups is 1. The smallest absolute Gasteiger partial charge is 0.364 e. The van der Waals surface area contributed by atoms with Gasteiger partial charge in [-0.05, 0) is 0 Å². The van der Waals surface area contributed by atoms with Gasteiger partial charge in [-0.25, -0.2) is 4.79 Å². The van der Waals surface area contributed by atoms with Crippen molar-refractivity contribution in [3.8, 4) is 0 Å². The SMILES string of the molecule is O=C(O)C1(O)C[C@H](O)[C@@H](O)[C@@H]([C@H](O)CO)O1. The lowest BCUT2D eigenvalue weighted by molar-refractivity contribution is -0.308. The minimum absolute atomic E-state index is 0.724. The van der Waals surface area contributed by atoms with E-state index in [0.717, 1.165) is 0 Å². The summed E-state index contributed by atoms with van der Waals surface area (Å²) in [6.45, 7) is -0.801. The standard InChI is InChI=1S/C8H14O8/c9-2-4(11)6-5(12)3(10)1-8(15,16-6)7(13)14/h3-6,9-12,15H,1-2H2,(H,13,14)/t3-,4+,5+,6+,8?/m0/s1. The summed E-state index contributed by atoms with van der Waals surface area (Å²) in [4.78, 5) is 10.7. The van der Waals surface area contributed by atoms with Gasteiger partial charge in [-0.15, -0.1) is 0 Å². The van der Waals surface area contributed by atoms with E-state index >= 15 is 0 Å². The lowest BCUT2D eigenvalue weighted by Crippen LogP contribution is -2.61. The molecule has 0 saturated carbocycles. The Bertz CT molecular complexity index is 269. The molecular weight excluding hydrogens is 224 g/mol. The molecule has 6 N–H and O–H groups in total. The van der Waals surface area contributed by atoms with Crippen LogP contribution < -0.4 is 0 Å². The fourth-order valence-corrected chi connectivity index (χ4v) is 1.51. The largest absolute Gasteiger partial charge is 0.477 e. The number of carboxylic acid groups (broad SMARTS) is 1. The van der Waals surface area contributed by atoms with Crippen LogP contribution in [0.2, 0.25) is 0 Å². The number of rotatable bonds is 3. The minimum atomic E-state index is -2.68. The zero-order valence-electron chi connectivity index (χ0n) is 8.22. The molecule has 0 aliphatic carbocycles. The molecule has 1 saturated heterocycles. The van der Waals surface area contributed by atoms with Crippen LogP contribution in [-0.4, -0.2) is 73.4 Å². The Morgan fingerprint density at radius 1 is 1.50 bits per heavy atom. The highest BCUT2D eigenvalue weighted by Crippen LogP contribution is 2.29. The fraction of sp³-hybridized carbons (Fsp3) is 0.875. The van der Waals surface area contributed by atoms with E-state index in [-0.39, 0.29) is 0 Å². The van der Waals surface area contributed by atoms with Crippen LogP contribution in [0.5, 0.6) is 0 Å². The number of ether oxygens (including phenoxy) is 1. The second-order valence-corrected chi connectivity index (χ2v) is 3.68. The van der Waals surface area contributed by atoms with Crippen molar-refractivity contribution in [2.24, 2.45) is 0 Å².